The molecule has 0 aliphatic carbocycles. The summed E-state index contributed by atoms with van der Waals surface area (Å²) in [4.78, 5) is 0. The molecular formula is C6H12OS3. The Hall–Kier alpha value is 1.01. The molecule has 0 aromatic rings. The number of hydrogen-bond donors (Lipinski definition) is 1. The lowest BCUT2D eigenvalue weighted by Gasteiger charge is -2.04. The van der Waals surface area contributed by atoms with Gasteiger partial charge >= 0.3 is 0 Å². The molecule has 1 fully saturated rings. The Morgan fingerprint density at radius 1 is 1.40 bits per heavy atom. The monoisotopic (exact) mass is 196 g/mol. The Morgan fingerprint density at radius 2 is 2.10 bits per heavy atom. The lowest BCUT2D eigenvalue weighted by atomic mass is 10.9. The number of aliphatic hydroxyl groups is 1. The number of rotatable bonds is 4. The van der Waals surface area contributed by atoms with Crippen LogP contribution in [-0.4, -0.2) is 39.3 Å². The van der Waals surface area contributed by atoms with Crippen LogP contribution in [0.5, 0.6) is 0 Å². The third kappa shape index (κ3) is 3.42. The molecule has 4 heteroatoms. The van der Waals surface area contributed by atoms with Gasteiger partial charge in [-0.05, 0) is 0 Å². The Kier molecular flexibility index (Phi) is 5.13. The molecule has 0 saturated carbocycles. The summed E-state index contributed by atoms with van der Waals surface area (Å²) in [6.45, 7) is 0.326. The van der Waals surface area contributed by atoms with E-state index in [4.69, 9.17) is 5.11 Å². The molecule has 60 valence electrons. The molecule has 1 aliphatic rings. The molecule has 0 spiro atoms. The van der Waals surface area contributed by atoms with E-state index in [0.717, 1.165) is 10.3 Å². The second-order valence-electron chi connectivity index (χ2n) is 1.97. The first-order valence-corrected chi connectivity index (χ1v) is 6.60. The average Bonchev–Trinajstić information content (AvgIpc) is 2.41. The zero-order valence-corrected chi connectivity index (χ0v) is 8.23. The first-order valence-electron chi connectivity index (χ1n) is 3.35. The number of aliphatic hydroxyl groups excluding tert-OH is 1. The summed E-state index contributed by atoms with van der Waals surface area (Å²) in [5.74, 6) is 4.73. The summed E-state index contributed by atoms with van der Waals surface area (Å²) in [6, 6.07) is 0. The minimum Gasteiger partial charge on any atom is -0.396 e. The van der Waals surface area contributed by atoms with Crippen LogP contribution >= 0.6 is 35.3 Å². The van der Waals surface area contributed by atoms with Gasteiger partial charge in [-0.2, -0.15) is 11.8 Å². The minimum absolute atomic E-state index is 0.326. The standard InChI is InChI=1S/C6H12OS3/c7-1-2-8-5-6-9-3-4-10-6/h6-7H,1-5H2. The van der Waals surface area contributed by atoms with Gasteiger partial charge in [0.05, 0.1) is 11.2 Å². The molecule has 0 aromatic heterocycles. The highest BCUT2D eigenvalue weighted by molar-refractivity contribution is 8.21. The Balaban J connectivity index is 1.91. The van der Waals surface area contributed by atoms with Gasteiger partial charge in [0.1, 0.15) is 0 Å². The summed E-state index contributed by atoms with van der Waals surface area (Å²) in [6.07, 6.45) is 0. The lowest BCUT2D eigenvalue weighted by molar-refractivity contribution is 0.322. The topological polar surface area (TPSA) is 20.2 Å². The van der Waals surface area contributed by atoms with E-state index in [1.54, 1.807) is 0 Å². The van der Waals surface area contributed by atoms with Crippen LogP contribution in [0, 0.1) is 0 Å². The maximum absolute atomic E-state index is 8.51. The molecule has 1 aliphatic heterocycles. The smallest absolute Gasteiger partial charge is 0.0593 e. The molecule has 0 radical (unpaired) electrons. The highest BCUT2D eigenvalue weighted by Gasteiger charge is 2.14. The normalized spacial score (nSPS) is 20.1. The van der Waals surface area contributed by atoms with Gasteiger partial charge in [-0.25, -0.2) is 0 Å². The van der Waals surface area contributed by atoms with Crippen LogP contribution in [0.4, 0.5) is 0 Å². The van der Waals surface area contributed by atoms with E-state index < -0.39 is 0 Å². The van der Waals surface area contributed by atoms with Gasteiger partial charge in [0.25, 0.3) is 0 Å². The average molecular weight is 196 g/mol. The van der Waals surface area contributed by atoms with Gasteiger partial charge in [0.15, 0.2) is 0 Å². The Labute approximate surface area is 74.7 Å². The quantitative estimate of drug-likeness (QED) is 0.688. The van der Waals surface area contributed by atoms with Gasteiger partial charge < -0.3 is 5.11 Å². The van der Waals surface area contributed by atoms with Gasteiger partial charge in [-0.1, -0.05) is 0 Å². The molecule has 1 saturated heterocycles. The maximum Gasteiger partial charge on any atom is 0.0593 e. The third-order valence-electron chi connectivity index (χ3n) is 1.18. The van der Waals surface area contributed by atoms with Crippen molar-refractivity contribution >= 4 is 35.3 Å². The summed E-state index contributed by atoms with van der Waals surface area (Å²) >= 11 is 5.97. The predicted octanol–water partition coefficient (Wildman–Crippen LogP) is 1.52. The zero-order valence-electron chi connectivity index (χ0n) is 5.78. The fraction of sp³-hybridized carbons (Fsp3) is 1.00. The van der Waals surface area contributed by atoms with Crippen molar-refractivity contribution in [3.63, 3.8) is 0 Å². The Morgan fingerprint density at radius 3 is 2.70 bits per heavy atom. The van der Waals surface area contributed by atoms with Crippen molar-refractivity contribution in [1.29, 1.82) is 0 Å². The van der Waals surface area contributed by atoms with Crippen LogP contribution in [0.3, 0.4) is 0 Å². The van der Waals surface area contributed by atoms with Crippen LogP contribution in [0.15, 0.2) is 0 Å². The minimum atomic E-state index is 0.326. The van der Waals surface area contributed by atoms with E-state index in [2.05, 4.69) is 23.5 Å². The SMILES string of the molecule is OCCSCC1SCCS1. The first kappa shape index (κ1) is 9.10. The van der Waals surface area contributed by atoms with Crippen molar-refractivity contribution in [2.24, 2.45) is 0 Å². The fourth-order valence-corrected chi connectivity index (χ4v) is 4.84. The highest BCUT2D eigenvalue weighted by atomic mass is 32.2. The van der Waals surface area contributed by atoms with Crippen LogP contribution in [0.2, 0.25) is 0 Å². The van der Waals surface area contributed by atoms with Crippen molar-refractivity contribution in [1.82, 2.24) is 0 Å². The van der Waals surface area contributed by atoms with E-state index in [1.165, 1.54) is 17.3 Å². The molecular weight excluding hydrogens is 184 g/mol. The molecule has 0 atom stereocenters. The van der Waals surface area contributed by atoms with E-state index >= 15 is 0 Å². The molecule has 1 heterocycles. The Bertz CT molecular complexity index is 83.1. The zero-order chi connectivity index (χ0) is 7.23. The van der Waals surface area contributed by atoms with Crippen molar-refractivity contribution in [3.8, 4) is 0 Å². The van der Waals surface area contributed by atoms with Crippen molar-refractivity contribution in [2.45, 2.75) is 4.58 Å². The molecule has 1 nitrogen and oxygen atoms in total. The fourth-order valence-electron chi connectivity index (χ4n) is 0.748. The molecule has 0 unspecified atom stereocenters. The molecule has 10 heavy (non-hydrogen) atoms. The van der Waals surface area contributed by atoms with Crippen molar-refractivity contribution < 1.29 is 5.11 Å². The van der Waals surface area contributed by atoms with Gasteiger partial charge in [0, 0.05) is 23.0 Å². The van der Waals surface area contributed by atoms with Crippen molar-refractivity contribution in [3.05, 3.63) is 0 Å². The second-order valence-corrected chi connectivity index (χ2v) is 6.04. The molecule has 0 amide bonds. The molecule has 1 rings (SSSR count). The van der Waals surface area contributed by atoms with E-state index in [0.29, 0.717) is 6.61 Å². The molecule has 0 bridgehead atoms. The number of thioether (sulfide) groups is 3. The van der Waals surface area contributed by atoms with Gasteiger partial charge in [-0.3, -0.25) is 0 Å². The van der Waals surface area contributed by atoms with E-state index in [1.807, 2.05) is 11.8 Å². The maximum atomic E-state index is 8.51. The van der Waals surface area contributed by atoms with Gasteiger partial charge in [-0.15, -0.1) is 23.5 Å². The third-order valence-corrected chi connectivity index (χ3v) is 5.67. The highest BCUT2D eigenvalue weighted by Crippen LogP contribution is 2.33. The number of hydrogen-bond acceptors (Lipinski definition) is 4. The van der Waals surface area contributed by atoms with E-state index in [-0.39, 0.29) is 0 Å². The largest absolute Gasteiger partial charge is 0.396 e. The van der Waals surface area contributed by atoms with Crippen LogP contribution in [0.1, 0.15) is 0 Å². The molecule has 1 N–H and O–H groups in total. The first-order chi connectivity index (χ1) is 4.93. The van der Waals surface area contributed by atoms with Crippen LogP contribution in [-0.2, 0) is 0 Å². The van der Waals surface area contributed by atoms with Gasteiger partial charge in [0.2, 0.25) is 0 Å². The van der Waals surface area contributed by atoms with Crippen LogP contribution in [0.25, 0.3) is 0 Å². The summed E-state index contributed by atoms with van der Waals surface area (Å²) in [7, 11) is 0. The summed E-state index contributed by atoms with van der Waals surface area (Å²) in [5.41, 5.74) is 0. The predicted molar refractivity (Wildman–Crippen MR) is 53.1 cm³/mol. The van der Waals surface area contributed by atoms with Crippen LogP contribution < -0.4 is 0 Å². The summed E-state index contributed by atoms with van der Waals surface area (Å²) < 4.78 is 0.802. The van der Waals surface area contributed by atoms with E-state index in [9.17, 15) is 0 Å². The molecule has 0 aromatic carbocycles. The summed E-state index contributed by atoms with van der Waals surface area (Å²) in [5, 5.41) is 8.51. The second kappa shape index (κ2) is 5.63. The van der Waals surface area contributed by atoms with Crippen molar-refractivity contribution in [2.75, 3.05) is 29.6 Å². The lowest BCUT2D eigenvalue weighted by Crippen LogP contribution is -1.98.